The molecule has 0 spiro atoms. The summed E-state index contributed by atoms with van der Waals surface area (Å²) in [5, 5.41) is 0. The molecule has 4 heteroatoms. The Morgan fingerprint density at radius 3 is 2.67 bits per heavy atom. The molecular formula is C5H10BFOSi. The van der Waals surface area contributed by atoms with E-state index in [2.05, 4.69) is 0 Å². The van der Waals surface area contributed by atoms with Crippen LogP contribution in [0.2, 0.25) is 0 Å². The molecule has 2 unspecified atom stereocenters. The molecule has 0 aromatic rings. The van der Waals surface area contributed by atoms with Gasteiger partial charge in [0, 0.05) is 6.61 Å². The topological polar surface area (TPSA) is 9.23 Å². The molecular weight excluding hydrogens is 134 g/mol. The lowest BCUT2D eigenvalue weighted by Gasteiger charge is -2.22. The van der Waals surface area contributed by atoms with Gasteiger partial charge in [-0.3, -0.25) is 0 Å². The van der Waals surface area contributed by atoms with Crippen LogP contribution in [0.5, 0.6) is 0 Å². The van der Waals surface area contributed by atoms with Crippen LogP contribution in [0.3, 0.4) is 0 Å². The van der Waals surface area contributed by atoms with E-state index in [1.807, 2.05) is 0 Å². The average Bonchev–Trinajstić information content (AvgIpc) is 1.90. The van der Waals surface area contributed by atoms with Crippen LogP contribution in [0, 0.1) is 0 Å². The summed E-state index contributed by atoms with van der Waals surface area (Å²) in [6.45, 7) is 0.704. The number of ether oxygens (including phenoxy) is 1. The first kappa shape index (κ1) is 7.28. The molecule has 0 bridgehead atoms. The standard InChI is InChI=1S/C5H10BFOSi/c6-9(7)5-3-1-2-4-8-5/h5,9H,1-4H2. The Labute approximate surface area is 57.7 Å². The van der Waals surface area contributed by atoms with Gasteiger partial charge in [0.05, 0.1) is 5.73 Å². The smallest absolute Gasteiger partial charge is 0.209 e. The Morgan fingerprint density at radius 1 is 1.56 bits per heavy atom. The fourth-order valence-electron chi connectivity index (χ4n) is 1.02. The van der Waals surface area contributed by atoms with Crippen molar-refractivity contribution >= 4 is 16.4 Å². The minimum atomic E-state index is -2.47. The first-order chi connectivity index (χ1) is 4.30. The first-order valence-corrected chi connectivity index (χ1v) is 5.09. The monoisotopic (exact) mass is 144 g/mol. The van der Waals surface area contributed by atoms with Crippen LogP contribution in [0.25, 0.3) is 0 Å². The molecule has 1 fully saturated rings. The lowest BCUT2D eigenvalue weighted by Crippen LogP contribution is -2.33. The minimum absolute atomic E-state index is 0.196. The van der Waals surface area contributed by atoms with E-state index < -0.39 is 9.00 Å². The molecule has 0 aromatic heterocycles. The molecule has 0 saturated carbocycles. The molecule has 1 aliphatic rings. The quantitative estimate of drug-likeness (QED) is 0.383. The van der Waals surface area contributed by atoms with E-state index in [1.54, 1.807) is 0 Å². The van der Waals surface area contributed by atoms with Crippen molar-refractivity contribution in [2.24, 2.45) is 0 Å². The van der Waals surface area contributed by atoms with Crippen LogP contribution in [0.15, 0.2) is 0 Å². The van der Waals surface area contributed by atoms with E-state index in [-0.39, 0.29) is 5.73 Å². The molecule has 1 heterocycles. The highest BCUT2D eigenvalue weighted by Crippen LogP contribution is 2.13. The highest BCUT2D eigenvalue weighted by molar-refractivity contribution is 6.99. The van der Waals surface area contributed by atoms with Gasteiger partial charge in [-0.2, -0.15) is 0 Å². The lowest BCUT2D eigenvalue weighted by molar-refractivity contribution is 0.0605. The largest absolute Gasteiger partial charge is 0.379 e. The second-order valence-corrected chi connectivity index (χ2v) is 3.98. The van der Waals surface area contributed by atoms with Gasteiger partial charge < -0.3 is 8.84 Å². The second-order valence-electron chi connectivity index (χ2n) is 2.35. The number of halogens is 1. The number of rotatable bonds is 1. The summed E-state index contributed by atoms with van der Waals surface area (Å²) >= 11 is 0. The molecule has 9 heavy (non-hydrogen) atoms. The van der Waals surface area contributed by atoms with Crippen molar-refractivity contribution in [1.29, 1.82) is 0 Å². The molecule has 0 N–H and O–H groups in total. The van der Waals surface area contributed by atoms with Gasteiger partial charge in [-0.25, -0.2) is 0 Å². The van der Waals surface area contributed by atoms with Crippen LogP contribution in [0.1, 0.15) is 19.3 Å². The number of hydrogen-bond acceptors (Lipinski definition) is 1. The second kappa shape index (κ2) is 3.37. The van der Waals surface area contributed by atoms with Crippen molar-refractivity contribution in [3.8, 4) is 0 Å². The summed E-state index contributed by atoms with van der Waals surface area (Å²) < 4.78 is 17.5. The average molecular weight is 144 g/mol. The minimum Gasteiger partial charge on any atom is -0.379 e. The summed E-state index contributed by atoms with van der Waals surface area (Å²) in [7, 11) is 2.64. The van der Waals surface area contributed by atoms with Crippen molar-refractivity contribution in [3.05, 3.63) is 0 Å². The summed E-state index contributed by atoms with van der Waals surface area (Å²) in [5.41, 5.74) is -0.196. The Kier molecular flexibility index (Phi) is 2.72. The van der Waals surface area contributed by atoms with E-state index in [0.717, 1.165) is 19.3 Å². The summed E-state index contributed by atoms with van der Waals surface area (Å²) in [5.74, 6) is 0. The lowest BCUT2D eigenvalue weighted by atomic mass is 10.2. The Hall–Kier alpha value is 0.172. The van der Waals surface area contributed by atoms with Crippen LogP contribution in [0.4, 0.5) is 4.11 Å². The van der Waals surface area contributed by atoms with E-state index >= 15 is 0 Å². The van der Waals surface area contributed by atoms with Gasteiger partial charge in [0.2, 0.25) is 9.00 Å². The zero-order valence-electron chi connectivity index (χ0n) is 5.35. The predicted molar refractivity (Wildman–Crippen MR) is 37.6 cm³/mol. The van der Waals surface area contributed by atoms with Gasteiger partial charge in [0.1, 0.15) is 7.44 Å². The Morgan fingerprint density at radius 2 is 2.33 bits per heavy atom. The van der Waals surface area contributed by atoms with E-state index in [0.29, 0.717) is 6.61 Å². The van der Waals surface area contributed by atoms with E-state index in [1.165, 1.54) is 0 Å². The van der Waals surface area contributed by atoms with E-state index in [9.17, 15) is 4.11 Å². The normalized spacial score (nSPS) is 31.9. The fraction of sp³-hybridized carbons (Fsp3) is 1.00. The molecule has 1 aliphatic heterocycles. The third-order valence-corrected chi connectivity index (χ3v) is 2.81. The van der Waals surface area contributed by atoms with Crippen LogP contribution in [-0.4, -0.2) is 28.8 Å². The van der Waals surface area contributed by atoms with Gasteiger partial charge >= 0.3 is 0 Å². The maximum absolute atomic E-state index is 12.4. The summed E-state index contributed by atoms with van der Waals surface area (Å²) in [6.07, 6.45) is 2.98. The van der Waals surface area contributed by atoms with Crippen molar-refractivity contribution < 1.29 is 8.84 Å². The van der Waals surface area contributed by atoms with Gasteiger partial charge in [-0.05, 0) is 19.3 Å². The van der Waals surface area contributed by atoms with Crippen molar-refractivity contribution in [2.75, 3.05) is 6.61 Å². The first-order valence-electron chi connectivity index (χ1n) is 3.32. The molecule has 2 radical (unpaired) electrons. The van der Waals surface area contributed by atoms with Gasteiger partial charge in [-0.1, -0.05) is 0 Å². The van der Waals surface area contributed by atoms with Crippen LogP contribution >= 0.6 is 0 Å². The van der Waals surface area contributed by atoms with Crippen molar-refractivity contribution in [1.82, 2.24) is 0 Å². The Balaban J connectivity index is 2.23. The molecule has 0 aromatic carbocycles. The molecule has 50 valence electrons. The molecule has 1 nitrogen and oxygen atoms in total. The molecule has 1 saturated heterocycles. The fourth-order valence-corrected chi connectivity index (χ4v) is 1.89. The SMILES string of the molecule is [B][SiH](F)C1CCCCO1. The highest BCUT2D eigenvalue weighted by Gasteiger charge is 2.20. The third kappa shape index (κ3) is 2.10. The molecule has 0 aliphatic carbocycles. The molecule has 2 atom stereocenters. The van der Waals surface area contributed by atoms with Crippen LogP contribution in [-0.2, 0) is 4.74 Å². The predicted octanol–water partition coefficient (Wildman–Crippen LogP) is 0.453. The Bertz CT molecular complexity index is 85.0. The highest BCUT2D eigenvalue weighted by atomic mass is 28.3. The van der Waals surface area contributed by atoms with Gasteiger partial charge in [0.25, 0.3) is 0 Å². The number of hydrogen-bond donors (Lipinski definition) is 0. The maximum Gasteiger partial charge on any atom is 0.209 e. The summed E-state index contributed by atoms with van der Waals surface area (Å²) in [6, 6.07) is 0. The van der Waals surface area contributed by atoms with E-state index in [4.69, 9.17) is 12.2 Å². The van der Waals surface area contributed by atoms with Crippen molar-refractivity contribution in [3.63, 3.8) is 0 Å². The third-order valence-electron chi connectivity index (χ3n) is 1.57. The summed E-state index contributed by atoms with van der Waals surface area (Å²) in [4.78, 5) is 0. The zero-order chi connectivity index (χ0) is 6.69. The molecule has 0 amide bonds. The van der Waals surface area contributed by atoms with Gasteiger partial charge in [-0.15, -0.1) is 0 Å². The van der Waals surface area contributed by atoms with Crippen LogP contribution < -0.4 is 0 Å². The van der Waals surface area contributed by atoms with Gasteiger partial charge in [0.15, 0.2) is 0 Å². The van der Waals surface area contributed by atoms with Crippen molar-refractivity contribution in [2.45, 2.75) is 25.0 Å². The zero-order valence-corrected chi connectivity index (χ0v) is 6.50. The molecule has 1 rings (SSSR count). The maximum atomic E-state index is 12.4.